The molecule has 0 aliphatic heterocycles. The lowest BCUT2D eigenvalue weighted by Crippen LogP contribution is -2.15. The highest BCUT2D eigenvalue weighted by Gasteiger charge is 2.24. The van der Waals surface area contributed by atoms with Crippen LogP contribution in [0.4, 0.5) is 0 Å². The first-order chi connectivity index (χ1) is 10.3. The van der Waals surface area contributed by atoms with Gasteiger partial charge in [0.1, 0.15) is 0 Å². The molecular formula is C19H11NO. The van der Waals surface area contributed by atoms with Crippen molar-refractivity contribution >= 4 is 16.6 Å². The zero-order valence-electron chi connectivity index (χ0n) is 11.3. The van der Waals surface area contributed by atoms with Crippen LogP contribution in [0.2, 0.25) is 0 Å². The Kier molecular flexibility index (Phi) is 2.43. The van der Waals surface area contributed by atoms with Gasteiger partial charge in [0.25, 0.3) is 0 Å². The van der Waals surface area contributed by atoms with Crippen LogP contribution in [-0.4, -0.2) is 5.78 Å². The summed E-state index contributed by atoms with van der Waals surface area (Å²) in [6, 6.07) is 19.4. The van der Waals surface area contributed by atoms with E-state index in [1.54, 1.807) is 6.07 Å². The van der Waals surface area contributed by atoms with Gasteiger partial charge in [-0.1, -0.05) is 42.5 Å². The third kappa shape index (κ3) is 1.68. The molecule has 0 bridgehead atoms. The SMILES string of the molecule is N#Cc1ccc2c3c(ccc2c1)Cc1ccccc1C3=O. The van der Waals surface area contributed by atoms with Crippen LogP contribution in [0.3, 0.4) is 0 Å². The Morgan fingerprint density at radius 1 is 0.952 bits per heavy atom. The first-order valence-corrected chi connectivity index (χ1v) is 6.86. The van der Waals surface area contributed by atoms with Gasteiger partial charge in [-0.15, -0.1) is 0 Å². The van der Waals surface area contributed by atoms with Crippen molar-refractivity contribution in [3.8, 4) is 6.07 Å². The minimum atomic E-state index is 0.0853. The van der Waals surface area contributed by atoms with E-state index in [4.69, 9.17) is 5.26 Å². The molecule has 1 aliphatic carbocycles. The number of carbonyl (C=O) groups excluding carboxylic acids is 1. The smallest absolute Gasteiger partial charge is 0.194 e. The summed E-state index contributed by atoms with van der Waals surface area (Å²) in [5.74, 6) is 0.0853. The zero-order valence-corrected chi connectivity index (χ0v) is 11.3. The van der Waals surface area contributed by atoms with Gasteiger partial charge in [-0.05, 0) is 40.5 Å². The van der Waals surface area contributed by atoms with Crippen LogP contribution in [0, 0.1) is 11.3 Å². The fraction of sp³-hybridized carbons (Fsp3) is 0.0526. The number of hydrogen-bond donors (Lipinski definition) is 0. The molecule has 0 saturated heterocycles. The van der Waals surface area contributed by atoms with E-state index in [0.29, 0.717) is 5.56 Å². The normalized spacial score (nSPS) is 12.6. The highest BCUT2D eigenvalue weighted by molar-refractivity contribution is 6.19. The summed E-state index contributed by atoms with van der Waals surface area (Å²) < 4.78 is 0. The third-order valence-corrected chi connectivity index (χ3v) is 4.11. The number of nitrogens with zero attached hydrogens (tertiary/aromatic N) is 1. The topological polar surface area (TPSA) is 40.9 Å². The molecular weight excluding hydrogens is 258 g/mol. The maximum atomic E-state index is 12.8. The second-order valence-electron chi connectivity index (χ2n) is 5.31. The first-order valence-electron chi connectivity index (χ1n) is 6.86. The number of hydrogen-bond acceptors (Lipinski definition) is 2. The highest BCUT2D eigenvalue weighted by atomic mass is 16.1. The van der Waals surface area contributed by atoms with Crippen LogP contribution in [-0.2, 0) is 6.42 Å². The number of ketones is 1. The van der Waals surface area contributed by atoms with E-state index >= 15 is 0 Å². The van der Waals surface area contributed by atoms with Gasteiger partial charge in [0.2, 0.25) is 0 Å². The summed E-state index contributed by atoms with van der Waals surface area (Å²) in [4.78, 5) is 12.8. The molecule has 0 atom stereocenters. The summed E-state index contributed by atoms with van der Waals surface area (Å²) in [7, 11) is 0. The van der Waals surface area contributed by atoms with E-state index in [9.17, 15) is 4.79 Å². The van der Waals surface area contributed by atoms with E-state index < -0.39 is 0 Å². The minimum Gasteiger partial charge on any atom is -0.289 e. The van der Waals surface area contributed by atoms with Gasteiger partial charge in [-0.2, -0.15) is 5.26 Å². The molecule has 0 heterocycles. The van der Waals surface area contributed by atoms with Gasteiger partial charge in [-0.25, -0.2) is 0 Å². The van der Waals surface area contributed by atoms with Crippen LogP contribution >= 0.6 is 0 Å². The number of nitriles is 1. The van der Waals surface area contributed by atoms with E-state index in [-0.39, 0.29) is 5.78 Å². The molecule has 0 saturated carbocycles. The molecule has 4 rings (SSSR count). The summed E-state index contributed by atoms with van der Waals surface area (Å²) >= 11 is 0. The molecule has 2 heteroatoms. The molecule has 98 valence electrons. The Labute approximate surface area is 122 Å². The van der Waals surface area contributed by atoms with E-state index in [1.807, 2.05) is 48.5 Å². The largest absolute Gasteiger partial charge is 0.289 e. The highest BCUT2D eigenvalue weighted by Crippen LogP contribution is 2.32. The quantitative estimate of drug-likeness (QED) is 0.486. The van der Waals surface area contributed by atoms with Gasteiger partial charge in [0, 0.05) is 11.1 Å². The lowest BCUT2D eigenvalue weighted by molar-refractivity contribution is 0.103. The molecule has 0 aromatic heterocycles. The number of rotatable bonds is 0. The maximum absolute atomic E-state index is 12.8. The lowest BCUT2D eigenvalue weighted by Gasteiger charge is -2.20. The fourth-order valence-corrected chi connectivity index (χ4v) is 3.10. The second kappa shape index (κ2) is 4.29. The van der Waals surface area contributed by atoms with Crippen molar-refractivity contribution in [1.29, 1.82) is 5.26 Å². The number of carbonyl (C=O) groups is 1. The van der Waals surface area contributed by atoms with Gasteiger partial charge in [0.15, 0.2) is 5.78 Å². The van der Waals surface area contributed by atoms with Gasteiger partial charge in [0.05, 0.1) is 11.6 Å². The summed E-state index contributed by atoms with van der Waals surface area (Å²) in [6.07, 6.45) is 0.785. The Morgan fingerprint density at radius 3 is 2.67 bits per heavy atom. The van der Waals surface area contributed by atoms with Crippen molar-refractivity contribution in [3.63, 3.8) is 0 Å². The van der Waals surface area contributed by atoms with Crippen molar-refractivity contribution in [2.45, 2.75) is 6.42 Å². The van der Waals surface area contributed by atoms with Crippen molar-refractivity contribution in [2.24, 2.45) is 0 Å². The van der Waals surface area contributed by atoms with Gasteiger partial charge in [-0.3, -0.25) is 4.79 Å². The average Bonchev–Trinajstić information content (AvgIpc) is 2.54. The van der Waals surface area contributed by atoms with Gasteiger partial charge >= 0.3 is 0 Å². The molecule has 0 spiro atoms. The maximum Gasteiger partial charge on any atom is 0.194 e. The molecule has 1 aliphatic rings. The molecule has 2 nitrogen and oxygen atoms in total. The molecule has 0 unspecified atom stereocenters. The van der Waals surface area contributed by atoms with Crippen molar-refractivity contribution in [3.05, 3.63) is 82.4 Å². The number of benzene rings is 3. The first kappa shape index (κ1) is 11.9. The van der Waals surface area contributed by atoms with E-state index in [1.165, 1.54) is 0 Å². The fourth-order valence-electron chi connectivity index (χ4n) is 3.10. The van der Waals surface area contributed by atoms with Crippen LogP contribution in [0.5, 0.6) is 0 Å². The van der Waals surface area contributed by atoms with E-state index in [0.717, 1.165) is 39.4 Å². The van der Waals surface area contributed by atoms with Crippen molar-refractivity contribution in [2.75, 3.05) is 0 Å². The standard InChI is InChI=1S/C19H11NO/c20-11-12-5-8-16-14(9-12)6-7-15-10-13-3-1-2-4-17(13)19(21)18(15)16/h1-9H,10H2. The molecule has 0 amide bonds. The summed E-state index contributed by atoms with van der Waals surface area (Å²) in [5, 5.41) is 10.9. The lowest BCUT2D eigenvalue weighted by atomic mass is 9.82. The van der Waals surface area contributed by atoms with Crippen LogP contribution in [0.25, 0.3) is 10.8 Å². The van der Waals surface area contributed by atoms with Gasteiger partial charge < -0.3 is 0 Å². The number of fused-ring (bicyclic) bond motifs is 4. The minimum absolute atomic E-state index is 0.0853. The van der Waals surface area contributed by atoms with Crippen LogP contribution in [0.1, 0.15) is 32.6 Å². The van der Waals surface area contributed by atoms with Crippen LogP contribution < -0.4 is 0 Å². The monoisotopic (exact) mass is 269 g/mol. The van der Waals surface area contributed by atoms with Crippen LogP contribution in [0.15, 0.2) is 54.6 Å². The molecule has 0 N–H and O–H groups in total. The summed E-state index contributed by atoms with van der Waals surface area (Å²) in [5.41, 5.74) is 4.35. The average molecular weight is 269 g/mol. The Balaban J connectivity index is 2.02. The predicted molar refractivity (Wildman–Crippen MR) is 81.3 cm³/mol. The summed E-state index contributed by atoms with van der Waals surface area (Å²) in [6.45, 7) is 0. The Morgan fingerprint density at radius 2 is 1.81 bits per heavy atom. The predicted octanol–water partition coefficient (Wildman–Crippen LogP) is 3.85. The van der Waals surface area contributed by atoms with Crippen molar-refractivity contribution < 1.29 is 4.79 Å². The molecule has 3 aromatic rings. The molecule has 3 aromatic carbocycles. The second-order valence-corrected chi connectivity index (χ2v) is 5.31. The molecule has 21 heavy (non-hydrogen) atoms. The third-order valence-electron chi connectivity index (χ3n) is 4.11. The van der Waals surface area contributed by atoms with Crippen molar-refractivity contribution in [1.82, 2.24) is 0 Å². The molecule has 0 radical (unpaired) electrons. The Bertz CT molecular complexity index is 947. The zero-order chi connectivity index (χ0) is 14.4. The molecule has 0 fully saturated rings. The van der Waals surface area contributed by atoms with E-state index in [2.05, 4.69) is 6.07 Å². The Hall–Kier alpha value is -2.92.